The molecule has 160 valence electrons. The highest BCUT2D eigenvalue weighted by molar-refractivity contribution is 14.0. The van der Waals surface area contributed by atoms with Crippen LogP contribution in [0, 0.1) is 6.92 Å². The van der Waals surface area contributed by atoms with Gasteiger partial charge in [-0.3, -0.25) is 0 Å². The number of benzene rings is 1. The second-order valence-corrected chi connectivity index (χ2v) is 7.66. The molecule has 0 atom stereocenters. The van der Waals surface area contributed by atoms with Gasteiger partial charge in [0.2, 0.25) is 0 Å². The van der Waals surface area contributed by atoms with E-state index >= 15 is 0 Å². The molecular formula is C22H39IN4O. The van der Waals surface area contributed by atoms with E-state index in [4.69, 9.17) is 9.73 Å². The van der Waals surface area contributed by atoms with E-state index in [2.05, 4.69) is 61.4 Å². The lowest BCUT2D eigenvalue weighted by molar-refractivity contribution is 0.240. The van der Waals surface area contributed by atoms with Gasteiger partial charge in [0.05, 0.1) is 12.6 Å². The summed E-state index contributed by atoms with van der Waals surface area (Å²) in [6.45, 7) is 14.6. The van der Waals surface area contributed by atoms with Crippen molar-refractivity contribution in [2.45, 2.75) is 66.0 Å². The summed E-state index contributed by atoms with van der Waals surface area (Å²) in [4.78, 5) is 7.34. The van der Waals surface area contributed by atoms with Gasteiger partial charge in [0, 0.05) is 18.7 Å². The second kappa shape index (κ2) is 14.0. The first kappa shape index (κ1) is 25.0. The van der Waals surface area contributed by atoms with Crippen molar-refractivity contribution in [3.8, 4) is 5.75 Å². The van der Waals surface area contributed by atoms with Crippen molar-refractivity contribution in [3.05, 3.63) is 29.3 Å². The van der Waals surface area contributed by atoms with Crippen molar-refractivity contribution >= 4 is 29.9 Å². The van der Waals surface area contributed by atoms with Crippen LogP contribution in [-0.2, 0) is 6.54 Å². The Balaban J connectivity index is 0.00000392. The molecule has 0 spiro atoms. The van der Waals surface area contributed by atoms with Gasteiger partial charge < -0.3 is 20.3 Å². The molecule has 1 aliphatic heterocycles. The maximum Gasteiger partial charge on any atom is 0.191 e. The topological polar surface area (TPSA) is 48.9 Å². The quantitative estimate of drug-likeness (QED) is 0.217. The van der Waals surface area contributed by atoms with Crippen molar-refractivity contribution in [3.63, 3.8) is 0 Å². The maximum atomic E-state index is 5.97. The van der Waals surface area contributed by atoms with Crippen molar-refractivity contribution in [1.82, 2.24) is 15.5 Å². The zero-order valence-electron chi connectivity index (χ0n) is 18.1. The first-order valence-electron chi connectivity index (χ1n) is 10.6. The van der Waals surface area contributed by atoms with Crippen molar-refractivity contribution in [1.29, 1.82) is 0 Å². The number of hydrogen-bond acceptors (Lipinski definition) is 3. The molecule has 1 saturated heterocycles. The van der Waals surface area contributed by atoms with E-state index in [-0.39, 0.29) is 30.1 Å². The Morgan fingerprint density at radius 2 is 1.93 bits per heavy atom. The Morgan fingerprint density at radius 3 is 2.61 bits per heavy atom. The number of likely N-dealkylation sites (tertiary alicyclic amines) is 1. The number of nitrogens with zero attached hydrogens (tertiary/aromatic N) is 2. The lowest BCUT2D eigenvalue weighted by Gasteiger charge is -2.16. The van der Waals surface area contributed by atoms with Crippen LogP contribution in [0.1, 0.15) is 57.6 Å². The zero-order valence-corrected chi connectivity index (χ0v) is 20.4. The maximum absolute atomic E-state index is 5.97. The minimum atomic E-state index is 0. The Bertz CT molecular complexity index is 586. The minimum absolute atomic E-state index is 0. The third kappa shape index (κ3) is 9.45. The fraction of sp³-hybridized carbons (Fsp3) is 0.682. The van der Waals surface area contributed by atoms with Gasteiger partial charge in [-0.15, -0.1) is 24.0 Å². The lowest BCUT2D eigenvalue weighted by atomic mass is 10.1. The molecule has 1 heterocycles. The number of aliphatic imine (C=N–C) groups is 1. The van der Waals surface area contributed by atoms with E-state index in [9.17, 15) is 0 Å². The number of unbranched alkanes of at least 4 members (excludes halogenated alkanes) is 1. The van der Waals surface area contributed by atoms with Crippen LogP contribution in [0.4, 0.5) is 0 Å². The Morgan fingerprint density at radius 1 is 1.18 bits per heavy atom. The second-order valence-electron chi connectivity index (χ2n) is 7.66. The van der Waals surface area contributed by atoms with E-state index in [1.807, 2.05) is 0 Å². The van der Waals surface area contributed by atoms with Crippen LogP contribution >= 0.6 is 24.0 Å². The van der Waals surface area contributed by atoms with E-state index in [0.717, 1.165) is 30.4 Å². The molecule has 28 heavy (non-hydrogen) atoms. The molecule has 0 radical (unpaired) electrons. The van der Waals surface area contributed by atoms with Crippen LogP contribution in [0.3, 0.4) is 0 Å². The molecule has 1 fully saturated rings. The molecule has 5 nitrogen and oxygen atoms in total. The third-order valence-corrected chi connectivity index (χ3v) is 4.73. The molecule has 6 heteroatoms. The highest BCUT2D eigenvalue weighted by Gasteiger charge is 2.10. The Kier molecular flexibility index (Phi) is 12.5. The molecule has 1 aliphatic rings. The van der Waals surface area contributed by atoms with Crippen LogP contribution in [-0.4, -0.2) is 49.7 Å². The summed E-state index contributed by atoms with van der Waals surface area (Å²) in [5.74, 6) is 1.82. The summed E-state index contributed by atoms with van der Waals surface area (Å²) in [7, 11) is 0. The highest BCUT2D eigenvalue weighted by atomic mass is 127. The van der Waals surface area contributed by atoms with Gasteiger partial charge in [-0.2, -0.15) is 0 Å². The predicted octanol–water partition coefficient (Wildman–Crippen LogP) is 4.33. The summed E-state index contributed by atoms with van der Waals surface area (Å²) in [6, 6.07) is 6.34. The standard InChI is InChI=1S/C22H38N4O.HI/c1-5-23-22(24-12-6-7-13-26-14-8-9-15-26)25-17-20-11-10-19(4)16-21(20)27-18(2)3;/h10-11,16,18H,5-9,12-15,17H2,1-4H3,(H2,23,24,25);1H. The zero-order chi connectivity index (χ0) is 19.5. The molecule has 1 aromatic carbocycles. The van der Waals surface area contributed by atoms with Gasteiger partial charge in [0.15, 0.2) is 5.96 Å². The number of hydrogen-bond donors (Lipinski definition) is 2. The molecule has 0 aliphatic carbocycles. The molecule has 0 saturated carbocycles. The van der Waals surface area contributed by atoms with Crippen molar-refractivity contribution in [2.24, 2.45) is 4.99 Å². The van der Waals surface area contributed by atoms with E-state index in [0.29, 0.717) is 6.54 Å². The molecule has 0 unspecified atom stereocenters. The van der Waals surface area contributed by atoms with E-state index in [1.165, 1.54) is 50.9 Å². The van der Waals surface area contributed by atoms with Gasteiger partial charge in [0.25, 0.3) is 0 Å². The number of aryl methyl sites for hydroxylation is 1. The first-order chi connectivity index (χ1) is 13.1. The van der Waals surface area contributed by atoms with E-state index in [1.54, 1.807) is 0 Å². The van der Waals surface area contributed by atoms with Crippen LogP contribution in [0.15, 0.2) is 23.2 Å². The number of nitrogens with one attached hydrogen (secondary N) is 2. The highest BCUT2D eigenvalue weighted by Crippen LogP contribution is 2.22. The van der Waals surface area contributed by atoms with Gasteiger partial charge >= 0.3 is 0 Å². The third-order valence-electron chi connectivity index (χ3n) is 4.73. The van der Waals surface area contributed by atoms with Crippen molar-refractivity contribution < 1.29 is 4.74 Å². The fourth-order valence-corrected chi connectivity index (χ4v) is 3.34. The molecule has 2 rings (SSSR count). The Hall–Kier alpha value is -1.02. The van der Waals surface area contributed by atoms with Crippen LogP contribution in [0.5, 0.6) is 5.75 Å². The minimum Gasteiger partial charge on any atom is -0.491 e. The average Bonchev–Trinajstić information content (AvgIpc) is 3.13. The summed E-state index contributed by atoms with van der Waals surface area (Å²) in [5, 5.41) is 6.81. The van der Waals surface area contributed by atoms with E-state index < -0.39 is 0 Å². The van der Waals surface area contributed by atoms with Gasteiger partial charge in [-0.1, -0.05) is 12.1 Å². The monoisotopic (exact) mass is 502 g/mol. The normalized spacial score (nSPS) is 14.8. The van der Waals surface area contributed by atoms with Crippen LogP contribution in [0.25, 0.3) is 0 Å². The average molecular weight is 502 g/mol. The summed E-state index contributed by atoms with van der Waals surface area (Å²) in [6.07, 6.45) is 5.33. The number of halogens is 1. The number of guanidine groups is 1. The van der Waals surface area contributed by atoms with Crippen LogP contribution < -0.4 is 15.4 Å². The molecule has 0 bridgehead atoms. The number of ether oxygens (including phenoxy) is 1. The summed E-state index contributed by atoms with van der Waals surface area (Å²) in [5.41, 5.74) is 2.34. The Labute approximate surface area is 188 Å². The number of rotatable bonds is 10. The molecule has 0 amide bonds. The lowest BCUT2D eigenvalue weighted by Crippen LogP contribution is -2.38. The molecular weight excluding hydrogens is 463 g/mol. The van der Waals surface area contributed by atoms with Crippen LogP contribution in [0.2, 0.25) is 0 Å². The van der Waals surface area contributed by atoms with Crippen molar-refractivity contribution in [2.75, 3.05) is 32.7 Å². The predicted molar refractivity (Wildman–Crippen MR) is 130 cm³/mol. The largest absolute Gasteiger partial charge is 0.491 e. The summed E-state index contributed by atoms with van der Waals surface area (Å²) < 4.78 is 5.97. The summed E-state index contributed by atoms with van der Waals surface area (Å²) >= 11 is 0. The SMILES string of the molecule is CCNC(=NCc1ccc(C)cc1OC(C)C)NCCCCN1CCCC1.I. The van der Waals surface area contributed by atoms with Gasteiger partial charge in [0.1, 0.15) is 5.75 Å². The fourth-order valence-electron chi connectivity index (χ4n) is 3.34. The molecule has 0 aromatic heterocycles. The smallest absolute Gasteiger partial charge is 0.191 e. The van der Waals surface area contributed by atoms with Gasteiger partial charge in [-0.25, -0.2) is 4.99 Å². The first-order valence-corrected chi connectivity index (χ1v) is 10.6. The molecule has 1 aromatic rings. The molecule has 2 N–H and O–H groups in total. The van der Waals surface area contributed by atoms with Gasteiger partial charge in [-0.05, 0) is 84.6 Å².